The first-order valence-electron chi connectivity index (χ1n) is 5.52. The number of hydrogen-bond acceptors (Lipinski definition) is 3. The molecule has 0 saturated carbocycles. The van der Waals surface area contributed by atoms with Gasteiger partial charge in [0.15, 0.2) is 0 Å². The summed E-state index contributed by atoms with van der Waals surface area (Å²) in [4.78, 5) is 2.45. The van der Waals surface area contributed by atoms with Crippen molar-refractivity contribution in [2.24, 2.45) is 5.73 Å². The Kier molecular flexibility index (Phi) is 3.56. The fourth-order valence-electron chi connectivity index (χ4n) is 2.07. The number of ether oxygens (including phenoxy) is 1. The van der Waals surface area contributed by atoms with Gasteiger partial charge in [-0.3, -0.25) is 4.90 Å². The molecular formula is C11H24N2O. The summed E-state index contributed by atoms with van der Waals surface area (Å²) in [5.41, 5.74) is 5.96. The average Bonchev–Trinajstić information content (AvgIpc) is 2.50. The van der Waals surface area contributed by atoms with E-state index in [1.165, 1.54) is 0 Å². The zero-order valence-corrected chi connectivity index (χ0v) is 9.97. The minimum absolute atomic E-state index is 0.0813. The largest absolute Gasteiger partial charge is 0.373 e. The standard InChI is InChI=1S/C11H24N2O/c1-5-14-11(8-12)6-7-13(9-11)10(2,3)4/h5-9,12H2,1-4H3. The van der Waals surface area contributed by atoms with Gasteiger partial charge in [-0.25, -0.2) is 0 Å². The van der Waals surface area contributed by atoms with Gasteiger partial charge in [-0.1, -0.05) is 0 Å². The van der Waals surface area contributed by atoms with Crippen LogP contribution in [0.5, 0.6) is 0 Å². The lowest BCUT2D eigenvalue weighted by atomic mass is 10.0. The molecule has 0 spiro atoms. The second-order valence-electron chi connectivity index (χ2n) is 5.16. The lowest BCUT2D eigenvalue weighted by Crippen LogP contribution is -2.47. The summed E-state index contributed by atoms with van der Waals surface area (Å²) in [7, 11) is 0. The van der Waals surface area contributed by atoms with Crippen LogP contribution in [-0.2, 0) is 4.74 Å². The van der Waals surface area contributed by atoms with E-state index in [1.54, 1.807) is 0 Å². The van der Waals surface area contributed by atoms with Gasteiger partial charge in [-0.15, -0.1) is 0 Å². The summed E-state index contributed by atoms with van der Waals surface area (Å²) in [6, 6.07) is 0. The highest BCUT2D eigenvalue weighted by molar-refractivity contribution is 4.96. The number of likely N-dealkylation sites (tertiary alicyclic amines) is 1. The van der Waals surface area contributed by atoms with Crippen molar-refractivity contribution in [3.05, 3.63) is 0 Å². The van der Waals surface area contributed by atoms with E-state index in [0.29, 0.717) is 6.54 Å². The molecule has 1 saturated heterocycles. The van der Waals surface area contributed by atoms with Crippen LogP contribution in [0.25, 0.3) is 0 Å². The Labute approximate surface area is 87.6 Å². The highest BCUT2D eigenvalue weighted by atomic mass is 16.5. The number of nitrogens with zero attached hydrogens (tertiary/aromatic N) is 1. The third kappa shape index (κ3) is 2.47. The molecule has 0 aliphatic carbocycles. The second kappa shape index (κ2) is 4.17. The van der Waals surface area contributed by atoms with Crippen LogP contribution in [0.4, 0.5) is 0 Å². The maximum absolute atomic E-state index is 5.81. The normalized spacial score (nSPS) is 29.8. The van der Waals surface area contributed by atoms with E-state index >= 15 is 0 Å². The molecular weight excluding hydrogens is 176 g/mol. The Bertz CT molecular complexity index is 188. The molecule has 1 aliphatic heterocycles. The van der Waals surface area contributed by atoms with Gasteiger partial charge in [-0.2, -0.15) is 0 Å². The summed E-state index contributed by atoms with van der Waals surface area (Å²) in [6.45, 7) is 12.2. The molecule has 1 unspecified atom stereocenters. The number of nitrogens with two attached hydrogens (primary N) is 1. The molecule has 84 valence electrons. The second-order valence-corrected chi connectivity index (χ2v) is 5.16. The summed E-state index contributed by atoms with van der Waals surface area (Å²) in [5.74, 6) is 0. The number of rotatable bonds is 3. The summed E-state index contributed by atoms with van der Waals surface area (Å²) >= 11 is 0. The van der Waals surface area contributed by atoms with E-state index in [-0.39, 0.29) is 11.1 Å². The summed E-state index contributed by atoms with van der Waals surface area (Å²) in [6.07, 6.45) is 1.06. The summed E-state index contributed by atoms with van der Waals surface area (Å²) < 4.78 is 5.80. The molecule has 1 aliphatic rings. The smallest absolute Gasteiger partial charge is 0.0942 e. The van der Waals surface area contributed by atoms with Gasteiger partial charge in [0.05, 0.1) is 5.60 Å². The summed E-state index contributed by atoms with van der Waals surface area (Å²) in [5, 5.41) is 0. The van der Waals surface area contributed by atoms with Crippen molar-refractivity contribution in [2.45, 2.75) is 45.3 Å². The maximum Gasteiger partial charge on any atom is 0.0942 e. The minimum atomic E-state index is -0.0813. The molecule has 3 heteroatoms. The predicted molar refractivity (Wildman–Crippen MR) is 59.4 cm³/mol. The van der Waals surface area contributed by atoms with Crippen molar-refractivity contribution in [1.29, 1.82) is 0 Å². The van der Waals surface area contributed by atoms with Crippen molar-refractivity contribution >= 4 is 0 Å². The quantitative estimate of drug-likeness (QED) is 0.744. The van der Waals surface area contributed by atoms with Crippen LogP contribution in [0.1, 0.15) is 34.1 Å². The predicted octanol–water partition coefficient (Wildman–Crippen LogP) is 1.22. The first kappa shape index (κ1) is 12.0. The zero-order valence-electron chi connectivity index (χ0n) is 9.97. The third-order valence-corrected chi connectivity index (χ3v) is 3.09. The molecule has 0 amide bonds. The van der Waals surface area contributed by atoms with Crippen molar-refractivity contribution < 1.29 is 4.74 Å². The van der Waals surface area contributed by atoms with Crippen LogP contribution >= 0.6 is 0 Å². The fraction of sp³-hybridized carbons (Fsp3) is 1.00. The van der Waals surface area contributed by atoms with Gasteiger partial charge in [0, 0.05) is 31.8 Å². The molecule has 0 aromatic heterocycles. The molecule has 0 aromatic carbocycles. The lowest BCUT2D eigenvalue weighted by molar-refractivity contribution is -0.0296. The van der Waals surface area contributed by atoms with Crippen LogP contribution in [0.2, 0.25) is 0 Å². The SMILES string of the molecule is CCOC1(CN)CCN(C(C)(C)C)C1. The molecule has 1 fully saturated rings. The molecule has 2 N–H and O–H groups in total. The van der Waals surface area contributed by atoms with Crippen LogP contribution in [-0.4, -0.2) is 42.3 Å². The van der Waals surface area contributed by atoms with Gasteiger partial charge in [-0.05, 0) is 34.1 Å². The van der Waals surface area contributed by atoms with Crippen molar-refractivity contribution in [3.63, 3.8) is 0 Å². The van der Waals surface area contributed by atoms with Gasteiger partial charge in [0.1, 0.15) is 0 Å². The Hall–Kier alpha value is -0.120. The fourth-order valence-corrected chi connectivity index (χ4v) is 2.07. The van der Waals surface area contributed by atoms with Crippen molar-refractivity contribution in [2.75, 3.05) is 26.2 Å². The van der Waals surface area contributed by atoms with Gasteiger partial charge >= 0.3 is 0 Å². The molecule has 14 heavy (non-hydrogen) atoms. The first-order chi connectivity index (χ1) is 6.43. The van der Waals surface area contributed by atoms with E-state index < -0.39 is 0 Å². The van der Waals surface area contributed by atoms with E-state index in [9.17, 15) is 0 Å². The van der Waals surface area contributed by atoms with Gasteiger partial charge in [0.25, 0.3) is 0 Å². The van der Waals surface area contributed by atoms with E-state index in [4.69, 9.17) is 10.5 Å². The topological polar surface area (TPSA) is 38.5 Å². The molecule has 1 atom stereocenters. The first-order valence-corrected chi connectivity index (χ1v) is 5.52. The van der Waals surface area contributed by atoms with Crippen LogP contribution < -0.4 is 5.73 Å². The highest BCUT2D eigenvalue weighted by Gasteiger charge is 2.41. The van der Waals surface area contributed by atoms with E-state index in [1.807, 2.05) is 6.92 Å². The molecule has 0 radical (unpaired) electrons. The zero-order chi connectivity index (χ0) is 10.8. The Balaban J connectivity index is 2.61. The Morgan fingerprint density at radius 3 is 2.43 bits per heavy atom. The minimum Gasteiger partial charge on any atom is -0.373 e. The molecule has 1 heterocycles. The van der Waals surface area contributed by atoms with Crippen LogP contribution in [0, 0.1) is 0 Å². The Morgan fingerprint density at radius 2 is 2.07 bits per heavy atom. The molecule has 0 aromatic rings. The maximum atomic E-state index is 5.81. The Morgan fingerprint density at radius 1 is 1.43 bits per heavy atom. The highest BCUT2D eigenvalue weighted by Crippen LogP contribution is 2.29. The molecule has 0 bridgehead atoms. The average molecular weight is 200 g/mol. The molecule has 1 rings (SSSR count). The molecule has 3 nitrogen and oxygen atoms in total. The van der Waals surface area contributed by atoms with Gasteiger partial charge in [0.2, 0.25) is 0 Å². The van der Waals surface area contributed by atoms with Gasteiger partial charge < -0.3 is 10.5 Å². The van der Waals surface area contributed by atoms with Crippen LogP contribution in [0.15, 0.2) is 0 Å². The monoisotopic (exact) mass is 200 g/mol. The third-order valence-electron chi connectivity index (χ3n) is 3.09. The van der Waals surface area contributed by atoms with E-state index in [2.05, 4.69) is 25.7 Å². The van der Waals surface area contributed by atoms with Crippen LogP contribution in [0.3, 0.4) is 0 Å². The lowest BCUT2D eigenvalue weighted by Gasteiger charge is -2.34. The van der Waals surface area contributed by atoms with E-state index in [0.717, 1.165) is 26.1 Å². The van der Waals surface area contributed by atoms with Crippen molar-refractivity contribution in [3.8, 4) is 0 Å². The van der Waals surface area contributed by atoms with Crippen molar-refractivity contribution in [1.82, 2.24) is 4.90 Å². The number of hydrogen-bond donors (Lipinski definition) is 1.